The lowest BCUT2D eigenvalue weighted by atomic mass is 10.1. The van der Waals surface area contributed by atoms with Gasteiger partial charge in [0.2, 0.25) is 0 Å². The van der Waals surface area contributed by atoms with Gasteiger partial charge in [0, 0.05) is 6.20 Å². The Morgan fingerprint density at radius 3 is 2.83 bits per heavy atom. The van der Waals surface area contributed by atoms with Crippen LogP contribution in [0.2, 0.25) is 0 Å². The summed E-state index contributed by atoms with van der Waals surface area (Å²) in [6, 6.07) is 15.0. The number of imidazole rings is 1. The van der Waals surface area contributed by atoms with Gasteiger partial charge in [0.1, 0.15) is 30.4 Å². The number of hydrogen-bond acceptors (Lipinski definition) is 5. The lowest BCUT2D eigenvalue weighted by Crippen LogP contribution is -2.33. The SMILES string of the molecule is Cc1cccn2c3c(nc12)-c1c(F)cccc1NN3Cc1ccc2c(c1)OCCO2. The molecule has 0 fully saturated rings. The molecule has 6 rings (SSSR count). The highest BCUT2D eigenvalue weighted by Crippen LogP contribution is 2.43. The van der Waals surface area contributed by atoms with Crippen LogP contribution in [0.5, 0.6) is 11.5 Å². The predicted octanol–water partition coefficient (Wildman–Crippen LogP) is 4.57. The molecule has 7 heteroatoms. The topological polar surface area (TPSA) is 51.0 Å². The average molecular weight is 402 g/mol. The minimum Gasteiger partial charge on any atom is -0.486 e. The molecular formula is C23H19FN4O2. The summed E-state index contributed by atoms with van der Waals surface area (Å²) in [7, 11) is 0. The van der Waals surface area contributed by atoms with Crippen LogP contribution in [-0.2, 0) is 6.54 Å². The van der Waals surface area contributed by atoms with E-state index in [-0.39, 0.29) is 5.82 Å². The molecule has 0 radical (unpaired) electrons. The van der Waals surface area contributed by atoms with E-state index in [1.807, 2.05) is 58.9 Å². The summed E-state index contributed by atoms with van der Waals surface area (Å²) in [6.45, 7) is 3.66. The maximum atomic E-state index is 14.8. The molecule has 2 aliphatic rings. The molecule has 0 aliphatic carbocycles. The number of hydrogen-bond donors (Lipinski definition) is 1. The molecule has 4 heterocycles. The van der Waals surface area contributed by atoms with E-state index in [1.54, 1.807) is 6.07 Å². The van der Waals surface area contributed by atoms with Gasteiger partial charge in [-0.25, -0.2) is 9.37 Å². The number of fused-ring (bicyclic) bond motifs is 6. The number of aryl methyl sites for hydroxylation is 1. The molecular weight excluding hydrogens is 383 g/mol. The molecule has 0 atom stereocenters. The van der Waals surface area contributed by atoms with Gasteiger partial charge in [-0.15, -0.1) is 0 Å². The van der Waals surface area contributed by atoms with Crippen LogP contribution in [0.25, 0.3) is 16.9 Å². The highest BCUT2D eigenvalue weighted by atomic mass is 19.1. The third-order valence-electron chi connectivity index (χ3n) is 5.53. The number of hydrazine groups is 1. The van der Waals surface area contributed by atoms with Crippen LogP contribution >= 0.6 is 0 Å². The van der Waals surface area contributed by atoms with Gasteiger partial charge >= 0.3 is 0 Å². The van der Waals surface area contributed by atoms with E-state index in [9.17, 15) is 4.39 Å². The zero-order valence-electron chi connectivity index (χ0n) is 16.4. The molecule has 0 amide bonds. The standard InChI is InChI=1S/C23H19FN4O2/c1-14-4-3-9-27-22(14)25-21-20-16(24)5-2-6-17(20)26-28(23(21)27)13-15-7-8-18-19(12-15)30-11-10-29-18/h2-9,12,26H,10-11,13H2,1H3. The average Bonchev–Trinajstić information content (AvgIpc) is 3.15. The predicted molar refractivity (Wildman–Crippen MR) is 113 cm³/mol. The summed E-state index contributed by atoms with van der Waals surface area (Å²) in [5.41, 5.74) is 8.09. The molecule has 0 unspecified atom stereocenters. The van der Waals surface area contributed by atoms with E-state index in [0.29, 0.717) is 36.7 Å². The smallest absolute Gasteiger partial charge is 0.161 e. The Morgan fingerprint density at radius 1 is 1.07 bits per heavy atom. The summed E-state index contributed by atoms with van der Waals surface area (Å²) in [5.74, 6) is 2.02. The maximum absolute atomic E-state index is 14.8. The second-order valence-electron chi connectivity index (χ2n) is 7.51. The number of rotatable bonds is 2. The van der Waals surface area contributed by atoms with E-state index in [1.165, 1.54) is 6.07 Å². The van der Waals surface area contributed by atoms with Gasteiger partial charge in [0.25, 0.3) is 0 Å². The van der Waals surface area contributed by atoms with Crippen molar-refractivity contribution in [3.8, 4) is 22.8 Å². The fourth-order valence-corrected chi connectivity index (χ4v) is 4.16. The maximum Gasteiger partial charge on any atom is 0.161 e. The Balaban J connectivity index is 1.50. The molecule has 0 bridgehead atoms. The lowest BCUT2D eigenvalue weighted by molar-refractivity contribution is 0.171. The van der Waals surface area contributed by atoms with Gasteiger partial charge < -0.3 is 9.47 Å². The first-order valence-corrected chi connectivity index (χ1v) is 9.88. The molecule has 0 spiro atoms. The molecule has 0 saturated carbocycles. The van der Waals surface area contributed by atoms with Crippen LogP contribution < -0.4 is 19.9 Å². The van der Waals surface area contributed by atoms with E-state index in [2.05, 4.69) is 5.43 Å². The molecule has 2 aromatic carbocycles. The van der Waals surface area contributed by atoms with Gasteiger partial charge in [0.15, 0.2) is 17.3 Å². The van der Waals surface area contributed by atoms with E-state index in [4.69, 9.17) is 14.5 Å². The third-order valence-corrected chi connectivity index (χ3v) is 5.53. The van der Waals surface area contributed by atoms with Gasteiger partial charge in [-0.3, -0.25) is 14.8 Å². The lowest BCUT2D eigenvalue weighted by Gasteiger charge is -2.32. The quantitative estimate of drug-likeness (QED) is 0.532. The second kappa shape index (κ2) is 6.38. The molecule has 30 heavy (non-hydrogen) atoms. The summed E-state index contributed by atoms with van der Waals surface area (Å²) in [4.78, 5) is 4.81. The highest BCUT2D eigenvalue weighted by Gasteiger charge is 2.30. The first kappa shape index (κ1) is 17.1. The van der Waals surface area contributed by atoms with E-state index < -0.39 is 0 Å². The molecule has 1 N–H and O–H groups in total. The normalized spacial score (nSPS) is 14.3. The van der Waals surface area contributed by atoms with E-state index in [0.717, 1.165) is 34.1 Å². The third kappa shape index (κ3) is 2.51. The molecule has 0 saturated heterocycles. The molecule has 150 valence electrons. The Bertz CT molecular complexity index is 1300. The summed E-state index contributed by atoms with van der Waals surface area (Å²) >= 11 is 0. The summed E-state index contributed by atoms with van der Waals surface area (Å²) in [6.07, 6.45) is 1.96. The van der Waals surface area contributed by atoms with Crippen molar-refractivity contribution in [1.82, 2.24) is 9.38 Å². The number of nitrogens with one attached hydrogen (secondary N) is 1. The Labute approximate surface area is 172 Å². The van der Waals surface area contributed by atoms with Crippen LogP contribution in [0.1, 0.15) is 11.1 Å². The van der Waals surface area contributed by atoms with Crippen molar-refractivity contribution >= 4 is 17.2 Å². The van der Waals surface area contributed by atoms with Gasteiger partial charge in [-0.05, 0) is 48.4 Å². The van der Waals surface area contributed by atoms with Crippen molar-refractivity contribution in [3.05, 3.63) is 71.7 Å². The van der Waals surface area contributed by atoms with Gasteiger partial charge in [-0.1, -0.05) is 18.2 Å². The van der Waals surface area contributed by atoms with Crippen molar-refractivity contribution in [3.63, 3.8) is 0 Å². The largest absolute Gasteiger partial charge is 0.486 e. The van der Waals surface area contributed by atoms with Crippen LogP contribution in [0.15, 0.2) is 54.7 Å². The Morgan fingerprint density at radius 2 is 1.93 bits per heavy atom. The van der Waals surface area contributed by atoms with Crippen molar-refractivity contribution < 1.29 is 13.9 Å². The zero-order chi connectivity index (χ0) is 20.2. The Kier molecular flexibility index (Phi) is 3.65. The van der Waals surface area contributed by atoms with Crippen LogP contribution in [0.4, 0.5) is 15.9 Å². The minimum absolute atomic E-state index is 0.290. The van der Waals surface area contributed by atoms with Gasteiger partial charge in [-0.2, -0.15) is 0 Å². The summed E-state index contributed by atoms with van der Waals surface area (Å²) < 4.78 is 28.2. The monoisotopic (exact) mass is 402 g/mol. The van der Waals surface area contributed by atoms with E-state index >= 15 is 0 Å². The summed E-state index contributed by atoms with van der Waals surface area (Å²) in [5, 5.41) is 2.00. The fraction of sp³-hybridized carbons (Fsp3) is 0.174. The number of halogens is 1. The number of aromatic nitrogens is 2. The number of ether oxygens (including phenoxy) is 2. The van der Waals surface area contributed by atoms with Crippen LogP contribution in [0.3, 0.4) is 0 Å². The number of nitrogens with zero attached hydrogens (tertiary/aromatic N) is 3. The fourth-order valence-electron chi connectivity index (χ4n) is 4.16. The molecule has 4 aromatic rings. The van der Waals surface area contributed by atoms with Crippen molar-refractivity contribution in [2.75, 3.05) is 23.6 Å². The van der Waals surface area contributed by atoms with Gasteiger partial charge in [0.05, 0.1) is 17.8 Å². The van der Waals surface area contributed by atoms with Crippen LogP contribution in [-0.4, -0.2) is 22.6 Å². The van der Waals surface area contributed by atoms with Crippen LogP contribution in [0, 0.1) is 12.7 Å². The zero-order valence-corrected chi connectivity index (χ0v) is 16.4. The first-order valence-electron chi connectivity index (χ1n) is 9.88. The minimum atomic E-state index is -0.290. The number of anilines is 2. The highest BCUT2D eigenvalue weighted by molar-refractivity contribution is 5.90. The molecule has 2 aliphatic heterocycles. The van der Waals surface area contributed by atoms with Crippen molar-refractivity contribution in [1.29, 1.82) is 0 Å². The van der Waals surface area contributed by atoms with Crippen molar-refractivity contribution in [2.45, 2.75) is 13.5 Å². The first-order chi connectivity index (χ1) is 14.7. The van der Waals surface area contributed by atoms with Crippen molar-refractivity contribution in [2.24, 2.45) is 0 Å². The second-order valence-corrected chi connectivity index (χ2v) is 7.51. The number of pyridine rings is 1. The molecule has 6 nitrogen and oxygen atoms in total. The number of benzene rings is 2. The Hall–Kier alpha value is -3.74. The molecule has 2 aromatic heterocycles.